The lowest BCUT2D eigenvalue weighted by atomic mass is 10.0. The molecule has 1 fully saturated rings. The number of hydrogen-bond acceptors (Lipinski definition) is 2. The van der Waals surface area contributed by atoms with Crippen molar-refractivity contribution in [3.05, 3.63) is 29.8 Å². The molecule has 0 aromatic heterocycles. The van der Waals surface area contributed by atoms with Crippen molar-refractivity contribution >= 4 is 11.6 Å². The van der Waals surface area contributed by atoms with E-state index in [2.05, 4.69) is 13.0 Å². The molecular formula is C15H19NO2. The van der Waals surface area contributed by atoms with E-state index in [1.165, 1.54) is 5.56 Å². The standard InChI is InChI=1S/C15H19NO2/c1-11-10-16(13-7-3-2-6-12(11)13)14(17)15(18)8-4-5-9-15/h2-3,6-7,11,18H,4-5,8-10H2,1H3. The molecule has 1 N–H and O–H groups in total. The van der Waals surface area contributed by atoms with Gasteiger partial charge in [-0.05, 0) is 37.3 Å². The Hall–Kier alpha value is -1.35. The lowest BCUT2D eigenvalue weighted by Crippen LogP contribution is -2.47. The summed E-state index contributed by atoms with van der Waals surface area (Å²) in [7, 11) is 0. The van der Waals surface area contributed by atoms with E-state index in [0.717, 1.165) is 18.5 Å². The molecule has 3 heteroatoms. The maximum absolute atomic E-state index is 12.6. The molecule has 1 amide bonds. The van der Waals surface area contributed by atoms with Crippen LogP contribution in [0.15, 0.2) is 24.3 Å². The molecule has 3 rings (SSSR count). The Morgan fingerprint density at radius 3 is 2.72 bits per heavy atom. The van der Waals surface area contributed by atoms with E-state index in [1.54, 1.807) is 4.90 Å². The van der Waals surface area contributed by atoms with Gasteiger partial charge in [0.1, 0.15) is 5.60 Å². The lowest BCUT2D eigenvalue weighted by molar-refractivity contribution is -0.136. The number of amides is 1. The van der Waals surface area contributed by atoms with Gasteiger partial charge < -0.3 is 10.0 Å². The molecule has 1 unspecified atom stereocenters. The van der Waals surface area contributed by atoms with E-state index in [-0.39, 0.29) is 5.91 Å². The Labute approximate surface area is 107 Å². The number of carbonyl (C=O) groups is 1. The van der Waals surface area contributed by atoms with E-state index in [0.29, 0.717) is 25.3 Å². The highest BCUT2D eigenvalue weighted by Gasteiger charge is 2.44. The van der Waals surface area contributed by atoms with Crippen molar-refractivity contribution in [3.63, 3.8) is 0 Å². The van der Waals surface area contributed by atoms with Crippen molar-refractivity contribution in [1.29, 1.82) is 0 Å². The molecule has 18 heavy (non-hydrogen) atoms. The molecule has 0 bridgehead atoms. The van der Waals surface area contributed by atoms with Crippen LogP contribution in [0.3, 0.4) is 0 Å². The van der Waals surface area contributed by atoms with Crippen LogP contribution in [-0.2, 0) is 4.79 Å². The number of carbonyl (C=O) groups excluding carboxylic acids is 1. The minimum absolute atomic E-state index is 0.100. The fraction of sp³-hybridized carbons (Fsp3) is 0.533. The maximum Gasteiger partial charge on any atom is 0.258 e. The zero-order valence-corrected chi connectivity index (χ0v) is 10.7. The topological polar surface area (TPSA) is 40.5 Å². The minimum atomic E-state index is -1.11. The third-order valence-electron chi connectivity index (χ3n) is 4.29. The first-order chi connectivity index (χ1) is 8.62. The van der Waals surface area contributed by atoms with Gasteiger partial charge in [0, 0.05) is 18.2 Å². The number of hydrogen-bond donors (Lipinski definition) is 1. The number of aliphatic hydroxyl groups is 1. The number of nitrogens with zero attached hydrogens (tertiary/aromatic N) is 1. The fourth-order valence-electron chi connectivity index (χ4n) is 3.24. The average Bonchev–Trinajstić information content (AvgIpc) is 2.95. The van der Waals surface area contributed by atoms with Gasteiger partial charge in [0.05, 0.1) is 0 Å². The molecule has 1 heterocycles. The molecule has 1 saturated carbocycles. The van der Waals surface area contributed by atoms with Gasteiger partial charge in [0.25, 0.3) is 5.91 Å². The molecule has 1 aliphatic heterocycles. The molecule has 1 atom stereocenters. The predicted molar refractivity (Wildman–Crippen MR) is 70.6 cm³/mol. The molecule has 2 aliphatic rings. The van der Waals surface area contributed by atoms with E-state index >= 15 is 0 Å². The Balaban J connectivity index is 1.93. The summed E-state index contributed by atoms with van der Waals surface area (Å²) in [6.07, 6.45) is 3.12. The molecule has 1 aromatic rings. The van der Waals surface area contributed by atoms with E-state index < -0.39 is 5.60 Å². The number of fused-ring (bicyclic) bond motifs is 1. The van der Waals surface area contributed by atoms with E-state index in [4.69, 9.17) is 0 Å². The summed E-state index contributed by atoms with van der Waals surface area (Å²) < 4.78 is 0. The summed E-state index contributed by atoms with van der Waals surface area (Å²) in [4.78, 5) is 14.3. The summed E-state index contributed by atoms with van der Waals surface area (Å²) in [6.45, 7) is 2.82. The number of rotatable bonds is 1. The highest BCUT2D eigenvalue weighted by molar-refractivity contribution is 6.01. The molecule has 1 aromatic carbocycles. The average molecular weight is 245 g/mol. The Morgan fingerprint density at radius 1 is 1.33 bits per heavy atom. The largest absolute Gasteiger partial charge is 0.380 e. The second-order valence-corrected chi connectivity index (χ2v) is 5.61. The zero-order chi connectivity index (χ0) is 12.8. The fourth-order valence-corrected chi connectivity index (χ4v) is 3.24. The monoisotopic (exact) mass is 245 g/mol. The maximum atomic E-state index is 12.6. The molecule has 96 valence electrons. The third-order valence-corrected chi connectivity index (χ3v) is 4.29. The van der Waals surface area contributed by atoms with Crippen molar-refractivity contribution in [3.8, 4) is 0 Å². The van der Waals surface area contributed by atoms with Crippen LogP contribution in [-0.4, -0.2) is 23.2 Å². The van der Waals surface area contributed by atoms with Gasteiger partial charge in [-0.25, -0.2) is 0 Å². The highest BCUT2D eigenvalue weighted by atomic mass is 16.3. The van der Waals surface area contributed by atoms with Gasteiger partial charge in [-0.1, -0.05) is 25.1 Å². The number of para-hydroxylation sites is 1. The smallest absolute Gasteiger partial charge is 0.258 e. The second kappa shape index (κ2) is 4.09. The summed E-state index contributed by atoms with van der Waals surface area (Å²) in [5.41, 5.74) is 1.08. The quantitative estimate of drug-likeness (QED) is 0.825. The van der Waals surface area contributed by atoms with Crippen LogP contribution < -0.4 is 4.90 Å². The molecule has 0 spiro atoms. The van der Waals surface area contributed by atoms with Crippen LogP contribution in [0.5, 0.6) is 0 Å². The van der Waals surface area contributed by atoms with Crippen molar-refractivity contribution < 1.29 is 9.90 Å². The highest BCUT2D eigenvalue weighted by Crippen LogP contribution is 2.39. The van der Waals surface area contributed by atoms with Crippen molar-refractivity contribution in [2.24, 2.45) is 0 Å². The Bertz CT molecular complexity index is 477. The van der Waals surface area contributed by atoms with Crippen LogP contribution >= 0.6 is 0 Å². The Kier molecular flexibility index (Phi) is 2.67. The van der Waals surface area contributed by atoms with Crippen LogP contribution in [0, 0.1) is 0 Å². The van der Waals surface area contributed by atoms with Crippen LogP contribution in [0.2, 0.25) is 0 Å². The van der Waals surface area contributed by atoms with Crippen LogP contribution in [0.1, 0.15) is 44.1 Å². The van der Waals surface area contributed by atoms with Crippen molar-refractivity contribution in [2.45, 2.75) is 44.1 Å². The molecular weight excluding hydrogens is 226 g/mol. The second-order valence-electron chi connectivity index (χ2n) is 5.61. The van der Waals surface area contributed by atoms with Crippen LogP contribution in [0.4, 0.5) is 5.69 Å². The number of anilines is 1. The van der Waals surface area contributed by atoms with Gasteiger partial charge in [-0.3, -0.25) is 4.79 Å². The van der Waals surface area contributed by atoms with Crippen LogP contribution in [0.25, 0.3) is 0 Å². The lowest BCUT2D eigenvalue weighted by Gasteiger charge is -2.28. The molecule has 0 radical (unpaired) electrons. The third kappa shape index (κ3) is 1.65. The summed E-state index contributed by atoms with van der Waals surface area (Å²) in [6, 6.07) is 8.02. The first-order valence-corrected chi connectivity index (χ1v) is 6.75. The van der Waals surface area contributed by atoms with E-state index in [1.807, 2.05) is 18.2 Å². The molecule has 0 saturated heterocycles. The summed E-state index contributed by atoms with van der Waals surface area (Å²) >= 11 is 0. The van der Waals surface area contributed by atoms with Crippen molar-refractivity contribution in [1.82, 2.24) is 0 Å². The first-order valence-electron chi connectivity index (χ1n) is 6.75. The van der Waals surface area contributed by atoms with E-state index in [9.17, 15) is 9.90 Å². The minimum Gasteiger partial charge on any atom is -0.380 e. The Morgan fingerprint density at radius 2 is 2.00 bits per heavy atom. The summed E-state index contributed by atoms with van der Waals surface area (Å²) in [5, 5.41) is 10.4. The van der Waals surface area contributed by atoms with Crippen molar-refractivity contribution in [2.75, 3.05) is 11.4 Å². The molecule has 3 nitrogen and oxygen atoms in total. The normalized spacial score (nSPS) is 25.2. The first kappa shape index (κ1) is 11.7. The van der Waals surface area contributed by atoms with Gasteiger partial charge in [0.15, 0.2) is 0 Å². The molecule has 1 aliphatic carbocycles. The zero-order valence-electron chi connectivity index (χ0n) is 10.7. The predicted octanol–water partition coefficient (Wildman–Crippen LogP) is 2.44. The summed E-state index contributed by atoms with van der Waals surface area (Å²) in [5.74, 6) is 0.256. The van der Waals surface area contributed by atoms with Gasteiger partial charge in [0.2, 0.25) is 0 Å². The van der Waals surface area contributed by atoms with Gasteiger partial charge >= 0.3 is 0 Å². The van der Waals surface area contributed by atoms with Gasteiger partial charge in [-0.2, -0.15) is 0 Å². The number of benzene rings is 1. The SMILES string of the molecule is CC1CN(C(=O)C2(O)CCCC2)c2ccccc21. The van der Waals surface area contributed by atoms with Gasteiger partial charge in [-0.15, -0.1) is 0 Å².